The second-order valence-electron chi connectivity index (χ2n) is 13.9. The number of likely N-dealkylation sites (N-methyl/N-ethyl adjacent to an activating group) is 1. The van der Waals surface area contributed by atoms with E-state index in [0.29, 0.717) is 24.9 Å². The number of ether oxygens (including phenoxy) is 2. The number of benzene rings is 1. The molecule has 2 aliphatic rings. The Morgan fingerprint density at radius 1 is 1.02 bits per heavy atom. The number of halogens is 3. The Labute approximate surface area is 302 Å². The molecule has 286 valence electrons. The number of rotatable bonds is 4. The maximum atomic E-state index is 15.1. The minimum atomic E-state index is -3.41. The Hall–Kier alpha value is -4.24. The number of aliphatic hydroxyl groups is 1. The lowest BCUT2D eigenvalue weighted by atomic mass is 10.0. The zero-order valence-electron chi connectivity index (χ0n) is 30.0. The van der Waals surface area contributed by atoms with Gasteiger partial charge in [0.1, 0.15) is 29.9 Å². The highest BCUT2D eigenvalue weighted by molar-refractivity contribution is 5.93. The first-order chi connectivity index (χ1) is 24.8. The first-order valence-corrected chi connectivity index (χ1v) is 17.9. The van der Waals surface area contributed by atoms with Gasteiger partial charge in [-0.1, -0.05) is 45.6 Å². The number of alkyl halides is 2. The topological polar surface area (TPSA) is 150 Å². The molecule has 1 aromatic carbocycles. The third-order valence-corrected chi connectivity index (χ3v) is 9.22. The number of hydrogen-bond acceptors (Lipinski definition) is 9. The van der Waals surface area contributed by atoms with E-state index in [1.165, 1.54) is 13.1 Å². The van der Waals surface area contributed by atoms with Gasteiger partial charge in [0.05, 0.1) is 19.2 Å². The molecule has 2 aromatic rings. The standard InChI is InChI=1S/C37H50F3N5O7/c1-24(2)17-28-35(49)45-23-37(39,40)20-30(45)36(50)44(3)29(18-25-11-10-14-41-21-25)34(48)42-15-8-6-4-5-7-9-16-51-32(46)22-52-31-19-26(38)12-13-27(31)33(47)43-28/h10-14,19,21,24,28-30,33,43,47H,4-9,15-18,20,22-23H2,1-3H3,(H,42,48)/t28-,29+,30-,33?/m1/s1. The van der Waals surface area contributed by atoms with Crippen LogP contribution in [-0.2, 0) is 30.3 Å². The van der Waals surface area contributed by atoms with E-state index in [1.54, 1.807) is 38.4 Å². The summed E-state index contributed by atoms with van der Waals surface area (Å²) in [6.45, 7) is 2.48. The highest BCUT2D eigenvalue weighted by Gasteiger charge is 2.52. The molecular weight excluding hydrogens is 683 g/mol. The molecule has 15 heteroatoms. The van der Waals surface area contributed by atoms with Crippen LogP contribution in [0.5, 0.6) is 5.75 Å². The zero-order valence-corrected chi connectivity index (χ0v) is 30.0. The second-order valence-corrected chi connectivity index (χ2v) is 13.9. The predicted octanol–water partition coefficient (Wildman–Crippen LogP) is 3.91. The number of carbonyl (C=O) groups is 4. The van der Waals surface area contributed by atoms with Gasteiger partial charge in [0.25, 0.3) is 5.92 Å². The van der Waals surface area contributed by atoms with Crippen LogP contribution in [0.25, 0.3) is 0 Å². The molecule has 12 nitrogen and oxygen atoms in total. The van der Waals surface area contributed by atoms with Crippen molar-refractivity contribution in [2.75, 3.05) is 33.4 Å². The lowest BCUT2D eigenvalue weighted by Gasteiger charge is -2.34. The van der Waals surface area contributed by atoms with Gasteiger partial charge in [-0.25, -0.2) is 18.0 Å². The molecule has 1 fully saturated rings. The molecule has 0 radical (unpaired) electrons. The normalized spacial score (nSPS) is 24.9. The third kappa shape index (κ3) is 11.6. The molecule has 0 saturated carbocycles. The van der Waals surface area contributed by atoms with Crippen molar-refractivity contribution in [3.05, 3.63) is 59.7 Å². The van der Waals surface area contributed by atoms with Crippen LogP contribution in [0.3, 0.4) is 0 Å². The van der Waals surface area contributed by atoms with Crippen LogP contribution in [0.15, 0.2) is 42.7 Å². The Balaban J connectivity index is 1.65. The molecule has 0 bridgehead atoms. The number of nitrogens with one attached hydrogen (secondary N) is 2. The molecule has 3 heterocycles. The van der Waals surface area contributed by atoms with Crippen molar-refractivity contribution in [3.8, 4) is 5.75 Å². The number of aliphatic hydroxyl groups excluding tert-OH is 1. The molecule has 1 saturated heterocycles. The Kier molecular flexibility index (Phi) is 14.8. The number of fused-ring (bicyclic) bond motifs is 2. The summed E-state index contributed by atoms with van der Waals surface area (Å²) in [7, 11) is 1.37. The summed E-state index contributed by atoms with van der Waals surface area (Å²) in [4.78, 5) is 60.2. The van der Waals surface area contributed by atoms with E-state index < -0.39 is 79.4 Å². The number of cyclic esters (lactones) is 1. The number of amides is 3. The van der Waals surface area contributed by atoms with Crippen molar-refractivity contribution in [2.24, 2.45) is 5.92 Å². The van der Waals surface area contributed by atoms with Gasteiger partial charge in [0, 0.05) is 50.5 Å². The lowest BCUT2D eigenvalue weighted by Crippen LogP contribution is -2.57. The lowest BCUT2D eigenvalue weighted by molar-refractivity contribution is -0.148. The van der Waals surface area contributed by atoms with Crippen molar-refractivity contribution in [1.82, 2.24) is 25.4 Å². The predicted molar refractivity (Wildman–Crippen MR) is 184 cm³/mol. The minimum absolute atomic E-state index is 0.00959. The molecule has 4 atom stereocenters. The van der Waals surface area contributed by atoms with Gasteiger partial charge in [-0.2, -0.15) is 0 Å². The maximum Gasteiger partial charge on any atom is 0.344 e. The summed E-state index contributed by atoms with van der Waals surface area (Å²) in [6.07, 6.45) is 5.32. The molecular formula is C37H50F3N5O7. The summed E-state index contributed by atoms with van der Waals surface area (Å²) < 4.78 is 55.3. The van der Waals surface area contributed by atoms with Crippen LogP contribution in [-0.4, -0.2) is 101 Å². The summed E-state index contributed by atoms with van der Waals surface area (Å²) >= 11 is 0. The monoisotopic (exact) mass is 733 g/mol. The molecule has 1 unspecified atom stereocenters. The average Bonchev–Trinajstić information content (AvgIpc) is 3.43. The highest BCUT2D eigenvalue weighted by Crippen LogP contribution is 2.35. The van der Waals surface area contributed by atoms with E-state index in [-0.39, 0.29) is 36.7 Å². The Morgan fingerprint density at radius 2 is 1.75 bits per heavy atom. The van der Waals surface area contributed by atoms with Gasteiger partial charge < -0.3 is 29.7 Å². The smallest absolute Gasteiger partial charge is 0.344 e. The molecule has 52 heavy (non-hydrogen) atoms. The zero-order chi connectivity index (χ0) is 37.8. The van der Waals surface area contributed by atoms with Crippen molar-refractivity contribution >= 4 is 23.7 Å². The highest BCUT2D eigenvalue weighted by atomic mass is 19.3. The van der Waals surface area contributed by atoms with E-state index in [9.17, 15) is 28.7 Å². The molecule has 0 aliphatic carbocycles. The van der Waals surface area contributed by atoms with Crippen LogP contribution in [0, 0.1) is 11.7 Å². The fourth-order valence-electron chi connectivity index (χ4n) is 6.48. The molecule has 0 spiro atoms. The van der Waals surface area contributed by atoms with E-state index in [1.807, 2.05) is 0 Å². The molecule has 3 N–H and O–H groups in total. The van der Waals surface area contributed by atoms with Crippen molar-refractivity contribution in [3.63, 3.8) is 0 Å². The fraction of sp³-hybridized carbons (Fsp3) is 0.595. The fourth-order valence-corrected chi connectivity index (χ4v) is 6.48. The summed E-state index contributed by atoms with van der Waals surface area (Å²) in [5.41, 5.74) is 0.644. The number of aromatic nitrogens is 1. The van der Waals surface area contributed by atoms with Crippen molar-refractivity contribution in [2.45, 2.75) is 102 Å². The van der Waals surface area contributed by atoms with Crippen LogP contribution in [0.2, 0.25) is 0 Å². The first-order valence-electron chi connectivity index (χ1n) is 17.9. The third-order valence-electron chi connectivity index (χ3n) is 9.22. The number of pyridine rings is 1. The quantitative estimate of drug-likeness (QED) is 0.398. The van der Waals surface area contributed by atoms with Gasteiger partial charge in [-0.3, -0.25) is 24.7 Å². The van der Waals surface area contributed by atoms with Gasteiger partial charge >= 0.3 is 5.97 Å². The number of nitrogens with zero attached hydrogens (tertiary/aromatic N) is 3. The van der Waals surface area contributed by atoms with E-state index in [2.05, 4.69) is 15.6 Å². The van der Waals surface area contributed by atoms with Crippen LogP contribution in [0.4, 0.5) is 13.2 Å². The number of hydrogen-bond donors (Lipinski definition) is 3. The molecule has 3 amide bonds. The van der Waals surface area contributed by atoms with Gasteiger partial charge in [-0.15, -0.1) is 0 Å². The van der Waals surface area contributed by atoms with Gasteiger partial charge in [0.2, 0.25) is 17.7 Å². The van der Waals surface area contributed by atoms with Crippen molar-refractivity contribution in [1.29, 1.82) is 0 Å². The molecule has 1 aromatic heterocycles. The summed E-state index contributed by atoms with van der Waals surface area (Å²) in [5, 5.41) is 16.9. The Bertz CT molecular complexity index is 1520. The minimum Gasteiger partial charge on any atom is -0.481 e. The molecule has 2 aliphatic heterocycles. The Morgan fingerprint density at radius 3 is 2.46 bits per heavy atom. The first kappa shape index (κ1) is 40.5. The molecule has 4 rings (SSSR count). The maximum absolute atomic E-state index is 15.1. The van der Waals surface area contributed by atoms with Crippen LogP contribution >= 0.6 is 0 Å². The van der Waals surface area contributed by atoms with Gasteiger partial charge in [-0.05, 0) is 48.9 Å². The average molecular weight is 734 g/mol. The van der Waals surface area contributed by atoms with E-state index in [0.717, 1.165) is 47.6 Å². The number of carbonyl (C=O) groups excluding carboxylic acids is 4. The van der Waals surface area contributed by atoms with Crippen LogP contribution in [0.1, 0.15) is 82.6 Å². The summed E-state index contributed by atoms with van der Waals surface area (Å²) in [5.74, 6) is -7.31. The van der Waals surface area contributed by atoms with E-state index in [4.69, 9.17) is 9.47 Å². The number of esters is 1. The summed E-state index contributed by atoms with van der Waals surface area (Å²) in [6, 6.07) is 2.74. The van der Waals surface area contributed by atoms with E-state index >= 15 is 8.78 Å². The van der Waals surface area contributed by atoms with Crippen molar-refractivity contribution < 1.29 is 46.9 Å². The van der Waals surface area contributed by atoms with Gasteiger partial charge in [0.15, 0.2) is 6.61 Å². The van der Waals surface area contributed by atoms with Crippen LogP contribution < -0.4 is 15.4 Å². The SMILES string of the molecule is CC(C)C[C@H]1NC(O)c2ccc(F)cc2OCC(=O)OCCCCCCCCNC(=O)[C@H](Cc2cccnc2)N(C)C(=O)[C@H]2CC(F)(F)CN2C1=O. The largest absolute Gasteiger partial charge is 0.481 e. The second kappa shape index (κ2) is 19.0.